The normalized spacial score (nSPS) is 38.5. The molecule has 0 nitrogen and oxygen atoms in total. The van der Waals surface area contributed by atoms with Crippen LogP contribution in [0.1, 0.15) is 52.4 Å². The molecule has 0 heteroatoms. The van der Waals surface area contributed by atoms with Crippen LogP contribution in [0, 0.1) is 17.3 Å². The zero-order valence-electron chi connectivity index (χ0n) is 9.10. The molecule has 2 atom stereocenters. The summed E-state index contributed by atoms with van der Waals surface area (Å²) in [4.78, 5) is 0. The molecule has 0 bridgehead atoms. The van der Waals surface area contributed by atoms with Crippen LogP contribution >= 0.6 is 0 Å². The van der Waals surface area contributed by atoms with Crippen LogP contribution in [0.2, 0.25) is 0 Å². The van der Waals surface area contributed by atoms with Crippen molar-refractivity contribution in [2.24, 2.45) is 17.3 Å². The van der Waals surface area contributed by atoms with Crippen molar-refractivity contribution in [1.29, 1.82) is 0 Å². The van der Waals surface area contributed by atoms with Crippen LogP contribution < -0.4 is 0 Å². The first-order valence-corrected chi connectivity index (χ1v) is 5.76. The lowest BCUT2D eigenvalue weighted by Gasteiger charge is -2.47. The van der Waals surface area contributed by atoms with Gasteiger partial charge in [0.25, 0.3) is 0 Å². The van der Waals surface area contributed by atoms with Crippen molar-refractivity contribution in [3.05, 3.63) is 12.2 Å². The first-order valence-electron chi connectivity index (χ1n) is 5.76. The largest absolute Gasteiger partial charge is 0.0999 e. The van der Waals surface area contributed by atoms with Gasteiger partial charge in [-0.3, -0.25) is 0 Å². The minimum Gasteiger partial charge on any atom is -0.0999 e. The lowest BCUT2D eigenvalue weighted by Crippen LogP contribution is -2.37. The highest BCUT2D eigenvalue weighted by atomic mass is 14.4. The van der Waals surface area contributed by atoms with Crippen LogP contribution in [-0.2, 0) is 0 Å². The van der Waals surface area contributed by atoms with Crippen molar-refractivity contribution >= 4 is 0 Å². The number of rotatable bonds is 0. The van der Waals surface area contributed by atoms with Gasteiger partial charge in [0.15, 0.2) is 0 Å². The number of fused-ring (bicyclic) bond motifs is 1. The molecule has 13 heavy (non-hydrogen) atoms. The average molecular weight is 178 g/mol. The van der Waals surface area contributed by atoms with Gasteiger partial charge in [0.2, 0.25) is 0 Å². The second-order valence-corrected chi connectivity index (χ2v) is 5.74. The molecule has 0 N–H and O–H groups in total. The molecule has 0 aromatic heterocycles. The Morgan fingerprint density at radius 3 is 2.85 bits per heavy atom. The zero-order valence-corrected chi connectivity index (χ0v) is 9.10. The molecule has 2 aliphatic carbocycles. The summed E-state index contributed by atoms with van der Waals surface area (Å²) in [5.41, 5.74) is 2.13. The Morgan fingerprint density at radius 2 is 2.08 bits per heavy atom. The lowest BCUT2D eigenvalue weighted by molar-refractivity contribution is 0.0546. The minimum absolute atomic E-state index is 0.615. The summed E-state index contributed by atoms with van der Waals surface area (Å²) in [6, 6.07) is 0. The topological polar surface area (TPSA) is 0 Å². The maximum atomic E-state index is 4.15. The van der Waals surface area contributed by atoms with Gasteiger partial charge in [0, 0.05) is 0 Å². The van der Waals surface area contributed by atoms with Gasteiger partial charge in [0.05, 0.1) is 0 Å². The Labute approximate surface area is 82.4 Å². The molecular weight excluding hydrogens is 156 g/mol. The van der Waals surface area contributed by atoms with Crippen molar-refractivity contribution in [2.45, 2.75) is 52.4 Å². The molecule has 2 saturated carbocycles. The van der Waals surface area contributed by atoms with Gasteiger partial charge in [-0.15, -0.1) is 0 Å². The summed E-state index contributed by atoms with van der Waals surface area (Å²) in [7, 11) is 0. The molecule has 0 saturated heterocycles. The van der Waals surface area contributed by atoms with E-state index in [0.29, 0.717) is 5.41 Å². The van der Waals surface area contributed by atoms with E-state index in [4.69, 9.17) is 0 Å². The van der Waals surface area contributed by atoms with Crippen LogP contribution in [0.5, 0.6) is 0 Å². The van der Waals surface area contributed by atoms with Crippen LogP contribution in [0.15, 0.2) is 12.2 Å². The predicted octanol–water partition coefficient (Wildman–Crippen LogP) is 4.17. The van der Waals surface area contributed by atoms with Gasteiger partial charge in [-0.1, -0.05) is 32.4 Å². The molecular formula is C13H22. The fourth-order valence-corrected chi connectivity index (χ4v) is 3.55. The highest BCUT2D eigenvalue weighted by Gasteiger charge is 2.40. The summed E-state index contributed by atoms with van der Waals surface area (Å²) in [5.74, 6) is 1.97. The summed E-state index contributed by atoms with van der Waals surface area (Å²) in [6.07, 6.45) is 8.39. The van der Waals surface area contributed by atoms with Crippen LogP contribution in [0.25, 0.3) is 0 Å². The summed E-state index contributed by atoms with van der Waals surface area (Å²) in [5, 5.41) is 0. The summed E-state index contributed by atoms with van der Waals surface area (Å²) >= 11 is 0. The molecule has 0 amide bonds. The summed E-state index contributed by atoms with van der Waals surface area (Å²) < 4.78 is 0. The Kier molecular flexibility index (Phi) is 2.25. The van der Waals surface area contributed by atoms with Gasteiger partial charge in [-0.25, -0.2) is 0 Å². The molecule has 74 valence electrons. The van der Waals surface area contributed by atoms with E-state index in [2.05, 4.69) is 20.4 Å². The van der Waals surface area contributed by atoms with Gasteiger partial charge >= 0.3 is 0 Å². The minimum atomic E-state index is 0.615. The van der Waals surface area contributed by atoms with E-state index < -0.39 is 0 Å². The van der Waals surface area contributed by atoms with Gasteiger partial charge in [-0.05, 0) is 49.4 Å². The third kappa shape index (κ3) is 1.68. The third-order valence-electron chi connectivity index (χ3n) is 4.33. The van der Waals surface area contributed by atoms with E-state index in [1.54, 1.807) is 0 Å². The van der Waals surface area contributed by atoms with Gasteiger partial charge in [0.1, 0.15) is 0 Å². The molecule has 2 unspecified atom stereocenters. The fourth-order valence-electron chi connectivity index (χ4n) is 3.55. The first-order chi connectivity index (χ1) is 6.09. The first kappa shape index (κ1) is 9.30. The Bertz CT molecular complexity index is 212. The smallest absolute Gasteiger partial charge is 0.0292 e. The van der Waals surface area contributed by atoms with Crippen molar-refractivity contribution in [1.82, 2.24) is 0 Å². The van der Waals surface area contributed by atoms with E-state index >= 15 is 0 Å². The Balaban J connectivity index is 2.12. The zero-order chi connectivity index (χ0) is 9.47. The molecule has 2 fully saturated rings. The molecule has 0 radical (unpaired) electrons. The lowest BCUT2D eigenvalue weighted by atomic mass is 9.58. The summed E-state index contributed by atoms with van der Waals surface area (Å²) in [6.45, 7) is 9.09. The van der Waals surface area contributed by atoms with Crippen LogP contribution in [0.4, 0.5) is 0 Å². The van der Waals surface area contributed by atoms with Crippen molar-refractivity contribution in [2.75, 3.05) is 0 Å². The van der Waals surface area contributed by atoms with Gasteiger partial charge in [-0.2, -0.15) is 0 Å². The van der Waals surface area contributed by atoms with Crippen LogP contribution in [-0.4, -0.2) is 0 Å². The molecule has 0 spiro atoms. The van der Waals surface area contributed by atoms with E-state index in [1.807, 2.05) is 0 Å². The van der Waals surface area contributed by atoms with Gasteiger partial charge < -0.3 is 0 Å². The van der Waals surface area contributed by atoms with E-state index in [-0.39, 0.29) is 0 Å². The van der Waals surface area contributed by atoms with Crippen molar-refractivity contribution in [3.63, 3.8) is 0 Å². The monoisotopic (exact) mass is 178 g/mol. The van der Waals surface area contributed by atoms with Crippen molar-refractivity contribution in [3.8, 4) is 0 Å². The predicted molar refractivity (Wildman–Crippen MR) is 57.6 cm³/mol. The maximum Gasteiger partial charge on any atom is -0.0292 e. The highest BCUT2D eigenvalue weighted by Crippen LogP contribution is 2.51. The standard InChI is InChI=1S/C13H22/c1-10-6-7-12-11(9-10)5-4-8-13(12,2)3/h11-12H,1,4-9H2,2-3H3. The second kappa shape index (κ2) is 3.15. The number of hydrogen-bond donors (Lipinski definition) is 0. The molecule has 0 aromatic carbocycles. The molecule has 2 aliphatic rings. The quantitative estimate of drug-likeness (QED) is 0.488. The molecule has 0 aliphatic heterocycles. The Hall–Kier alpha value is -0.260. The average Bonchev–Trinajstić information content (AvgIpc) is 2.02. The SMILES string of the molecule is C=C1CCC2C(CCCC2(C)C)C1. The highest BCUT2D eigenvalue weighted by molar-refractivity contribution is 5.05. The van der Waals surface area contributed by atoms with E-state index in [0.717, 1.165) is 11.8 Å². The van der Waals surface area contributed by atoms with Crippen LogP contribution in [0.3, 0.4) is 0 Å². The number of hydrogen-bond acceptors (Lipinski definition) is 0. The Morgan fingerprint density at radius 1 is 1.31 bits per heavy atom. The third-order valence-corrected chi connectivity index (χ3v) is 4.33. The van der Waals surface area contributed by atoms with Crippen molar-refractivity contribution < 1.29 is 0 Å². The number of allylic oxidation sites excluding steroid dienone is 1. The second-order valence-electron chi connectivity index (χ2n) is 5.74. The molecule has 2 rings (SSSR count). The van der Waals surface area contributed by atoms with E-state index in [9.17, 15) is 0 Å². The molecule has 0 heterocycles. The fraction of sp³-hybridized carbons (Fsp3) is 0.846. The maximum absolute atomic E-state index is 4.15. The van der Waals surface area contributed by atoms with E-state index in [1.165, 1.54) is 44.1 Å². The molecule has 0 aromatic rings.